The zero-order valence-corrected chi connectivity index (χ0v) is 12.1. The van der Waals surface area contributed by atoms with E-state index in [4.69, 9.17) is 5.11 Å². The average Bonchev–Trinajstić information content (AvgIpc) is 2.75. The fourth-order valence-electron chi connectivity index (χ4n) is 2.65. The third-order valence-corrected chi connectivity index (χ3v) is 3.50. The van der Waals surface area contributed by atoms with Crippen molar-refractivity contribution in [1.29, 1.82) is 0 Å². The Bertz CT molecular complexity index is 583. The van der Waals surface area contributed by atoms with Crippen LogP contribution in [0.3, 0.4) is 0 Å². The summed E-state index contributed by atoms with van der Waals surface area (Å²) >= 11 is 0. The van der Waals surface area contributed by atoms with E-state index in [1.165, 1.54) is 0 Å². The molecule has 0 amide bonds. The molecule has 0 radical (unpaired) electrons. The molecule has 0 saturated heterocycles. The van der Waals surface area contributed by atoms with Gasteiger partial charge in [-0.2, -0.15) is 0 Å². The molecule has 0 aliphatic carbocycles. The number of benzene rings is 1. The third-order valence-electron chi connectivity index (χ3n) is 3.50. The minimum absolute atomic E-state index is 0.0835. The number of nitrogens with one attached hydrogen (secondary N) is 1. The standard InChI is InChI=1S/C16H22N2O2/c1-3-8-18(9-10-19)11-15(20)16-12(2)17-14-7-5-4-6-13(14)16/h4-7,17,19H,3,8-11H2,1-2H3. The Labute approximate surface area is 119 Å². The van der Waals surface area contributed by atoms with E-state index < -0.39 is 0 Å². The number of nitrogens with zero attached hydrogens (tertiary/aromatic N) is 1. The largest absolute Gasteiger partial charge is 0.395 e. The summed E-state index contributed by atoms with van der Waals surface area (Å²) in [4.78, 5) is 17.8. The van der Waals surface area contributed by atoms with E-state index in [-0.39, 0.29) is 12.4 Å². The van der Waals surface area contributed by atoms with Gasteiger partial charge in [-0.25, -0.2) is 0 Å². The Balaban J connectivity index is 2.24. The number of aliphatic hydroxyl groups is 1. The van der Waals surface area contributed by atoms with Gasteiger partial charge >= 0.3 is 0 Å². The summed E-state index contributed by atoms with van der Waals surface area (Å²) in [6, 6.07) is 7.87. The van der Waals surface area contributed by atoms with Gasteiger partial charge in [0.15, 0.2) is 5.78 Å². The van der Waals surface area contributed by atoms with Gasteiger partial charge in [-0.05, 0) is 26.0 Å². The second kappa shape index (κ2) is 6.68. The van der Waals surface area contributed by atoms with Gasteiger partial charge in [0.25, 0.3) is 0 Å². The highest BCUT2D eigenvalue weighted by atomic mass is 16.3. The van der Waals surface area contributed by atoms with E-state index in [0.29, 0.717) is 13.1 Å². The number of aryl methyl sites for hydroxylation is 1. The van der Waals surface area contributed by atoms with Crippen LogP contribution in [-0.2, 0) is 0 Å². The number of Topliss-reactive ketones (excluding diaryl/α,β-unsaturated/α-hetero) is 1. The number of hydrogen-bond donors (Lipinski definition) is 2. The molecule has 2 aromatic rings. The number of para-hydroxylation sites is 1. The molecular formula is C16H22N2O2. The molecule has 1 aromatic heterocycles. The number of ketones is 1. The Hall–Kier alpha value is -1.65. The smallest absolute Gasteiger partial charge is 0.179 e. The molecule has 2 N–H and O–H groups in total. The molecule has 0 aliphatic heterocycles. The van der Waals surface area contributed by atoms with Crippen LogP contribution in [0.25, 0.3) is 10.9 Å². The average molecular weight is 274 g/mol. The van der Waals surface area contributed by atoms with E-state index >= 15 is 0 Å². The summed E-state index contributed by atoms with van der Waals surface area (Å²) in [5.74, 6) is 0.113. The molecule has 0 saturated carbocycles. The topological polar surface area (TPSA) is 56.3 Å². The minimum atomic E-state index is 0.0835. The molecule has 4 heteroatoms. The molecular weight excluding hydrogens is 252 g/mol. The molecule has 0 bridgehead atoms. The van der Waals surface area contributed by atoms with Gasteiger partial charge in [0.2, 0.25) is 0 Å². The first kappa shape index (κ1) is 14.8. The number of fused-ring (bicyclic) bond motifs is 1. The van der Waals surface area contributed by atoms with Gasteiger partial charge in [0, 0.05) is 28.7 Å². The number of aromatic nitrogens is 1. The molecule has 1 aromatic carbocycles. The molecule has 0 atom stereocenters. The first-order chi connectivity index (χ1) is 9.67. The highest BCUT2D eigenvalue weighted by Crippen LogP contribution is 2.22. The molecule has 0 aliphatic rings. The molecule has 4 nitrogen and oxygen atoms in total. The van der Waals surface area contributed by atoms with Crippen LogP contribution in [0.2, 0.25) is 0 Å². The summed E-state index contributed by atoms with van der Waals surface area (Å²) in [6.07, 6.45) is 0.972. The zero-order chi connectivity index (χ0) is 14.5. The van der Waals surface area contributed by atoms with E-state index in [2.05, 4.69) is 11.9 Å². The van der Waals surface area contributed by atoms with E-state index in [9.17, 15) is 4.79 Å². The van der Waals surface area contributed by atoms with Gasteiger partial charge in [0.05, 0.1) is 13.2 Å². The molecule has 2 rings (SSSR count). The SMILES string of the molecule is CCCN(CCO)CC(=O)c1c(C)[nH]c2ccccc12. The van der Waals surface area contributed by atoms with E-state index in [0.717, 1.165) is 35.1 Å². The zero-order valence-electron chi connectivity index (χ0n) is 12.1. The molecule has 0 fully saturated rings. The van der Waals surface area contributed by atoms with Gasteiger partial charge in [0.1, 0.15) is 0 Å². The quantitative estimate of drug-likeness (QED) is 0.762. The summed E-state index contributed by atoms with van der Waals surface area (Å²) in [5.41, 5.74) is 2.69. The van der Waals surface area contributed by atoms with Crippen LogP contribution in [0, 0.1) is 6.92 Å². The first-order valence-electron chi connectivity index (χ1n) is 7.11. The highest BCUT2D eigenvalue weighted by molar-refractivity contribution is 6.10. The predicted octanol–water partition coefficient (Wildman–Crippen LogP) is 2.36. The van der Waals surface area contributed by atoms with Crippen molar-refractivity contribution in [3.63, 3.8) is 0 Å². The number of carbonyl (C=O) groups excluding carboxylic acids is 1. The summed E-state index contributed by atoms with van der Waals surface area (Å²) in [7, 11) is 0. The minimum Gasteiger partial charge on any atom is -0.395 e. The van der Waals surface area contributed by atoms with E-state index in [1.807, 2.05) is 36.1 Å². The Morgan fingerprint density at radius 3 is 2.75 bits per heavy atom. The molecule has 108 valence electrons. The Kier molecular flexibility index (Phi) is 4.93. The third kappa shape index (κ3) is 3.08. The van der Waals surface area contributed by atoms with Gasteiger partial charge in [-0.1, -0.05) is 25.1 Å². The fraction of sp³-hybridized carbons (Fsp3) is 0.438. The van der Waals surface area contributed by atoms with Crippen LogP contribution in [-0.4, -0.2) is 47.0 Å². The van der Waals surface area contributed by atoms with Gasteiger partial charge < -0.3 is 10.1 Å². The molecule has 0 unspecified atom stereocenters. The van der Waals surface area contributed by atoms with Crippen molar-refractivity contribution in [2.75, 3.05) is 26.2 Å². The lowest BCUT2D eigenvalue weighted by molar-refractivity contribution is 0.0916. The van der Waals surface area contributed by atoms with Crippen LogP contribution in [0.1, 0.15) is 29.4 Å². The number of H-pyrrole nitrogens is 1. The number of aliphatic hydroxyl groups excluding tert-OH is 1. The Morgan fingerprint density at radius 1 is 1.30 bits per heavy atom. The van der Waals surface area contributed by atoms with Crippen LogP contribution in [0.15, 0.2) is 24.3 Å². The summed E-state index contributed by atoms with van der Waals surface area (Å²) in [5, 5.41) is 10.1. The van der Waals surface area contributed by atoms with Crippen LogP contribution < -0.4 is 0 Å². The van der Waals surface area contributed by atoms with Crippen molar-refractivity contribution in [2.24, 2.45) is 0 Å². The maximum atomic E-state index is 12.6. The number of rotatable bonds is 7. The highest BCUT2D eigenvalue weighted by Gasteiger charge is 2.18. The Morgan fingerprint density at radius 2 is 2.05 bits per heavy atom. The summed E-state index contributed by atoms with van der Waals surface area (Å²) in [6.45, 7) is 5.82. The van der Waals surface area contributed by atoms with E-state index in [1.54, 1.807) is 0 Å². The second-order valence-corrected chi connectivity index (χ2v) is 5.09. The van der Waals surface area contributed by atoms with Crippen molar-refractivity contribution in [3.05, 3.63) is 35.5 Å². The maximum absolute atomic E-state index is 12.6. The number of aromatic amines is 1. The lowest BCUT2D eigenvalue weighted by Crippen LogP contribution is -2.33. The first-order valence-corrected chi connectivity index (χ1v) is 7.11. The number of hydrogen-bond acceptors (Lipinski definition) is 3. The van der Waals surface area contributed by atoms with Crippen molar-refractivity contribution in [3.8, 4) is 0 Å². The van der Waals surface area contributed by atoms with Crippen molar-refractivity contribution in [2.45, 2.75) is 20.3 Å². The molecule has 20 heavy (non-hydrogen) atoms. The van der Waals surface area contributed by atoms with Crippen molar-refractivity contribution >= 4 is 16.7 Å². The van der Waals surface area contributed by atoms with Crippen LogP contribution in [0.4, 0.5) is 0 Å². The van der Waals surface area contributed by atoms with Crippen molar-refractivity contribution in [1.82, 2.24) is 9.88 Å². The van der Waals surface area contributed by atoms with Crippen molar-refractivity contribution < 1.29 is 9.90 Å². The van der Waals surface area contributed by atoms with Crippen LogP contribution >= 0.6 is 0 Å². The normalized spacial score (nSPS) is 11.4. The molecule has 1 heterocycles. The molecule has 0 spiro atoms. The summed E-state index contributed by atoms with van der Waals surface area (Å²) < 4.78 is 0. The van der Waals surface area contributed by atoms with Gasteiger partial charge in [-0.3, -0.25) is 9.69 Å². The lowest BCUT2D eigenvalue weighted by Gasteiger charge is -2.19. The lowest BCUT2D eigenvalue weighted by atomic mass is 10.1. The maximum Gasteiger partial charge on any atom is 0.179 e. The van der Waals surface area contributed by atoms with Crippen LogP contribution in [0.5, 0.6) is 0 Å². The monoisotopic (exact) mass is 274 g/mol. The predicted molar refractivity (Wildman–Crippen MR) is 81.2 cm³/mol. The number of carbonyl (C=O) groups is 1. The second-order valence-electron chi connectivity index (χ2n) is 5.09. The fourth-order valence-corrected chi connectivity index (χ4v) is 2.65. The van der Waals surface area contributed by atoms with Gasteiger partial charge in [-0.15, -0.1) is 0 Å².